The molecule has 1 heterocycles. The van der Waals surface area contributed by atoms with Gasteiger partial charge in [-0.1, -0.05) is 44.2 Å². The number of benzene rings is 1. The fourth-order valence-corrected chi connectivity index (χ4v) is 3.76. The minimum Gasteiger partial charge on any atom is -0.503 e. The largest absolute Gasteiger partial charge is 0.503 e. The van der Waals surface area contributed by atoms with Crippen molar-refractivity contribution in [2.45, 2.75) is 65.2 Å². The number of hydrogen-bond donors (Lipinski definition) is 2. The number of hydrogen-bond acceptors (Lipinski definition) is 7. The van der Waals surface area contributed by atoms with Crippen LogP contribution in [0.1, 0.15) is 56.6 Å². The first-order valence-corrected chi connectivity index (χ1v) is 11.7. The van der Waals surface area contributed by atoms with E-state index in [1.165, 1.54) is 26.3 Å². The monoisotopic (exact) mass is 472 g/mol. The molecule has 1 amide bonds. The number of aromatic nitrogens is 1. The van der Waals surface area contributed by atoms with Gasteiger partial charge < -0.3 is 24.6 Å². The zero-order valence-corrected chi connectivity index (χ0v) is 20.6. The number of methoxy groups -OCH3 is 1. The third-order valence-electron chi connectivity index (χ3n) is 5.66. The van der Waals surface area contributed by atoms with Crippen LogP contribution < -0.4 is 10.1 Å². The Hall–Kier alpha value is -3.13. The van der Waals surface area contributed by atoms with Crippen molar-refractivity contribution in [1.82, 2.24) is 10.3 Å². The maximum atomic E-state index is 12.8. The number of rotatable bonds is 13. The van der Waals surface area contributed by atoms with E-state index < -0.39 is 29.8 Å². The topological polar surface area (TPSA) is 107 Å². The summed E-state index contributed by atoms with van der Waals surface area (Å²) in [5.41, 5.74) is 0.905. The summed E-state index contributed by atoms with van der Waals surface area (Å²) in [6.07, 6.45) is 3.19. The summed E-state index contributed by atoms with van der Waals surface area (Å²) in [4.78, 5) is 29.3. The van der Waals surface area contributed by atoms with Crippen LogP contribution in [0.25, 0.3) is 0 Å². The number of carbonyl (C=O) groups excluding carboxylic acids is 2. The number of esters is 1. The van der Waals surface area contributed by atoms with Crippen molar-refractivity contribution in [3.8, 4) is 11.5 Å². The van der Waals surface area contributed by atoms with Gasteiger partial charge in [-0.05, 0) is 38.7 Å². The van der Waals surface area contributed by atoms with Crippen molar-refractivity contribution in [1.29, 1.82) is 0 Å². The molecule has 186 valence electrons. The molecule has 0 fully saturated rings. The highest BCUT2D eigenvalue weighted by molar-refractivity contribution is 5.97. The van der Waals surface area contributed by atoms with Gasteiger partial charge in [0.2, 0.25) is 0 Å². The Bertz CT molecular complexity index is 921. The van der Waals surface area contributed by atoms with E-state index in [-0.39, 0.29) is 23.5 Å². The molecule has 2 aromatic rings. The summed E-state index contributed by atoms with van der Waals surface area (Å²) in [5.74, 6) is -1.61. The average molecular weight is 473 g/mol. The first-order valence-electron chi connectivity index (χ1n) is 11.7. The molecule has 2 N–H and O–H groups in total. The van der Waals surface area contributed by atoms with Gasteiger partial charge in [0.1, 0.15) is 12.1 Å². The van der Waals surface area contributed by atoms with E-state index >= 15 is 0 Å². The third kappa shape index (κ3) is 7.45. The summed E-state index contributed by atoms with van der Waals surface area (Å²) in [7, 11) is 1.37. The van der Waals surface area contributed by atoms with Crippen LogP contribution in [0.3, 0.4) is 0 Å². The minimum atomic E-state index is -0.948. The van der Waals surface area contributed by atoms with Gasteiger partial charge in [0.25, 0.3) is 5.91 Å². The highest BCUT2D eigenvalue weighted by Gasteiger charge is 2.31. The second-order valence-electron chi connectivity index (χ2n) is 8.22. The smallest absolute Gasteiger partial charge is 0.328 e. The standard InChI is InChI=1S/C26H36N2O6/c1-6-15-33-21(7-2)20(16-19-11-9-8-10-12-19)18(4)34-26(31)17(3)28-25(30)23-24(29)22(32-5)13-14-27-23/h8-14,17-18,20-21,29H,6-7,15-16H2,1-5H3,(H,28,30)/t17-,18-,20-,21+/m0/s1. The highest BCUT2D eigenvalue weighted by atomic mass is 16.5. The molecule has 34 heavy (non-hydrogen) atoms. The SMILES string of the molecule is CCCO[C@H](CC)[C@@H](Cc1ccccc1)[C@H](C)OC(=O)[C@H](C)NC(=O)c1nccc(OC)c1O. The zero-order valence-electron chi connectivity index (χ0n) is 20.6. The van der Waals surface area contributed by atoms with E-state index in [0.717, 1.165) is 18.4 Å². The average Bonchev–Trinajstić information content (AvgIpc) is 2.84. The fraction of sp³-hybridized carbons (Fsp3) is 0.500. The van der Waals surface area contributed by atoms with Crippen molar-refractivity contribution in [2.75, 3.05) is 13.7 Å². The number of nitrogens with one attached hydrogen (secondary N) is 1. The maximum Gasteiger partial charge on any atom is 0.328 e. The van der Waals surface area contributed by atoms with E-state index in [9.17, 15) is 14.7 Å². The van der Waals surface area contributed by atoms with Crippen molar-refractivity contribution < 1.29 is 28.9 Å². The molecule has 4 atom stereocenters. The van der Waals surface area contributed by atoms with Crippen LogP contribution in [-0.2, 0) is 20.7 Å². The zero-order chi connectivity index (χ0) is 25.1. The Balaban J connectivity index is 2.09. The van der Waals surface area contributed by atoms with Crippen molar-refractivity contribution in [3.63, 3.8) is 0 Å². The fourth-order valence-electron chi connectivity index (χ4n) is 3.76. The number of nitrogens with zero attached hydrogens (tertiary/aromatic N) is 1. The minimum absolute atomic E-state index is 0.0603. The normalized spacial score (nSPS) is 14.5. The van der Waals surface area contributed by atoms with Crippen LogP contribution in [0.15, 0.2) is 42.6 Å². The molecule has 8 nitrogen and oxygen atoms in total. The van der Waals surface area contributed by atoms with Crippen LogP contribution in [0, 0.1) is 5.92 Å². The molecular formula is C26H36N2O6. The molecule has 0 spiro atoms. The predicted molar refractivity (Wildman–Crippen MR) is 129 cm³/mol. The Morgan fingerprint density at radius 3 is 2.44 bits per heavy atom. The number of amides is 1. The first-order chi connectivity index (χ1) is 16.3. The number of ether oxygens (including phenoxy) is 3. The third-order valence-corrected chi connectivity index (χ3v) is 5.66. The Morgan fingerprint density at radius 2 is 1.82 bits per heavy atom. The molecule has 0 radical (unpaired) electrons. The summed E-state index contributed by atoms with van der Waals surface area (Å²) in [5, 5.41) is 12.7. The number of aromatic hydroxyl groups is 1. The van der Waals surface area contributed by atoms with E-state index in [0.29, 0.717) is 13.0 Å². The van der Waals surface area contributed by atoms with Gasteiger partial charge >= 0.3 is 5.97 Å². The van der Waals surface area contributed by atoms with Crippen molar-refractivity contribution in [2.24, 2.45) is 5.92 Å². The van der Waals surface area contributed by atoms with Gasteiger partial charge in [0.05, 0.1) is 13.2 Å². The van der Waals surface area contributed by atoms with Gasteiger partial charge in [-0.25, -0.2) is 9.78 Å². The molecule has 0 unspecified atom stereocenters. The van der Waals surface area contributed by atoms with Crippen LogP contribution in [-0.4, -0.2) is 53.9 Å². The van der Waals surface area contributed by atoms with Crippen LogP contribution >= 0.6 is 0 Å². The lowest BCUT2D eigenvalue weighted by Crippen LogP contribution is -2.43. The maximum absolute atomic E-state index is 12.8. The van der Waals surface area contributed by atoms with Gasteiger partial charge in [0, 0.05) is 24.8 Å². The van der Waals surface area contributed by atoms with Gasteiger partial charge in [-0.3, -0.25) is 4.79 Å². The Kier molecular flexibility index (Phi) is 10.8. The second kappa shape index (κ2) is 13.5. The molecule has 0 saturated heterocycles. The summed E-state index contributed by atoms with van der Waals surface area (Å²) in [6, 6.07) is 10.5. The molecule has 0 saturated carbocycles. The molecule has 2 rings (SSSR count). The summed E-state index contributed by atoms with van der Waals surface area (Å²) >= 11 is 0. The lowest BCUT2D eigenvalue weighted by atomic mass is 9.88. The van der Waals surface area contributed by atoms with E-state index in [1.54, 1.807) is 0 Å². The molecule has 0 aliphatic carbocycles. The molecule has 8 heteroatoms. The van der Waals surface area contributed by atoms with Gasteiger partial charge in [-0.15, -0.1) is 0 Å². The van der Waals surface area contributed by atoms with Crippen LogP contribution in [0.2, 0.25) is 0 Å². The lowest BCUT2D eigenvalue weighted by Gasteiger charge is -2.32. The first kappa shape index (κ1) is 27.1. The molecule has 0 aliphatic heterocycles. The second-order valence-corrected chi connectivity index (χ2v) is 8.22. The molecule has 0 aliphatic rings. The predicted octanol–water partition coefficient (Wildman–Crippen LogP) is 3.91. The highest BCUT2D eigenvalue weighted by Crippen LogP contribution is 2.28. The quantitative estimate of drug-likeness (QED) is 0.426. The van der Waals surface area contributed by atoms with Gasteiger partial charge in [0.15, 0.2) is 17.2 Å². The van der Waals surface area contributed by atoms with E-state index in [1.807, 2.05) is 37.3 Å². The molecular weight excluding hydrogens is 436 g/mol. The number of pyridine rings is 1. The Morgan fingerprint density at radius 1 is 1.12 bits per heavy atom. The van der Waals surface area contributed by atoms with Crippen molar-refractivity contribution in [3.05, 3.63) is 53.9 Å². The van der Waals surface area contributed by atoms with E-state index in [4.69, 9.17) is 14.2 Å². The summed E-state index contributed by atoms with van der Waals surface area (Å²) in [6.45, 7) is 8.13. The van der Waals surface area contributed by atoms with Gasteiger partial charge in [-0.2, -0.15) is 0 Å². The lowest BCUT2D eigenvalue weighted by molar-refractivity contribution is -0.156. The van der Waals surface area contributed by atoms with Crippen LogP contribution in [0.4, 0.5) is 0 Å². The van der Waals surface area contributed by atoms with Crippen LogP contribution in [0.5, 0.6) is 11.5 Å². The molecule has 1 aromatic heterocycles. The number of carbonyl (C=O) groups is 2. The van der Waals surface area contributed by atoms with E-state index in [2.05, 4.69) is 24.1 Å². The summed E-state index contributed by atoms with van der Waals surface area (Å²) < 4.78 is 16.9. The molecule has 0 bridgehead atoms. The molecule has 1 aromatic carbocycles. The Labute approximate surface area is 201 Å². The van der Waals surface area contributed by atoms with Crippen molar-refractivity contribution >= 4 is 11.9 Å².